The van der Waals surface area contributed by atoms with E-state index in [0.717, 1.165) is 0 Å². The van der Waals surface area contributed by atoms with E-state index >= 15 is 0 Å². The van der Waals surface area contributed by atoms with Crippen LogP contribution in [0.1, 0.15) is 19.4 Å². The third-order valence-corrected chi connectivity index (χ3v) is 4.57. The van der Waals surface area contributed by atoms with Gasteiger partial charge in [0.25, 0.3) is 10.0 Å². The van der Waals surface area contributed by atoms with E-state index in [4.69, 9.17) is 14.2 Å². The van der Waals surface area contributed by atoms with Gasteiger partial charge in [-0.05, 0) is 50.2 Å². The van der Waals surface area contributed by atoms with Crippen LogP contribution >= 0.6 is 0 Å². The van der Waals surface area contributed by atoms with Crippen molar-refractivity contribution in [3.63, 3.8) is 0 Å². The van der Waals surface area contributed by atoms with Crippen LogP contribution in [-0.2, 0) is 10.0 Å². The van der Waals surface area contributed by atoms with Crippen LogP contribution in [0.4, 0.5) is 0 Å². The van der Waals surface area contributed by atoms with E-state index < -0.39 is 10.0 Å². The second-order valence-electron chi connectivity index (χ2n) is 5.07. The monoisotopic (exact) mass is 378 g/mol. The molecule has 0 aliphatic heterocycles. The topological polar surface area (TPSA) is 86.2 Å². The average Bonchev–Trinajstić information content (AvgIpc) is 2.63. The third kappa shape index (κ3) is 4.89. The summed E-state index contributed by atoms with van der Waals surface area (Å²) in [5.41, 5.74) is 0.591. The molecule has 1 N–H and O–H groups in total. The molecule has 0 unspecified atom stereocenters. The summed E-state index contributed by atoms with van der Waals surface area (Å²) in [6.45, 7) is 4.72. The SMILES string of the molecule is CCOc1ccc(S(=O)(=O)N/N=C/c2cccc(OCC)c2OC)cc1. The summed E-state index contributed by atoms with van der Waals surface area (Å²) in [7, 11) is -2.26. The molecule has 2 aromatic rings. The lowest BCUT2D eigenvalue weighted by Crippen LogP contribution is -2.18. The fourth-order valence-electron chi connectivity index (χ4n) is 2.22. The lowest BCUT2D eigenvalue weighted by molar-refractivity contribution is 0.310. The van der Waals surface area contributed by atoms with Gasteiger partial charge in [0.15, 0.2) is 11.5 Å². The maximum absolute atomic E-state index is 12.3. The number of ether oxygens (including phenoxy) is 3. The number of nitrogens with zero attached hydrogens (tertiary/aromatic N) is 1. The summed E-state index contributed by atoms with van der Waals surface area (Å²) in [6, 6.07) is 11.4. The molecule has 0 amide bonds. The second kappa shape index (κ2) is 9.10. The van der Waals surface area contributed by atoms with E-state index in [1.807, 2.05) is 13.8 Å². The second-order valence-corrected chi connectivity index (χ2v) is 6.73. The van der Waals surface area contributed by atoms with E-state index in [1.165, 1.54) is 25.5 Å². The number of nitrogens with one attached hydrogen (secondary N) is 1. The molecule has 2 aromatic carbocycles. The Morgan fingerprint density at radius 1 is 1.04 bits per heavy atom. The van der Waals surface area contributed by atoms with Crippen LogP contribution in [0.5, 0.6) is 17.2 Å². The zero-order chi connectivity index (χ0) is 19.0. The van der Waals surface area contributed by atoms with E-state index in [2.05, 4.69) is 9.93 Å². The maximum atomic E-state index is 12.3. The fourth-order valence-corrected chi connectivity index (χ4v) is 3.01. The first kappa shape index (κ1) is 19.6. The fraction of sp³-hybridized carbons (Fsp3) is 0.278. The molecule has 140 valence electrons. The van der Waals surface area contributed by atoms with Gasteiger partial charge in [-0.3, -0.25) is 0 Å². The Balaban J connectivity index is 2.15. The van der Waals surface area contributed by atoms with Gasteiger partial charge in [0.1, 0.15) is 5.75 Å². The summed E-state index contributed by atoms with van der Waals surface area (Å²) in [4.78, 5) is 2.27. The van der Waals surface area contributed by atoms with E-state index in [0.29, 0.717) is 36.0 Å². The van der Waals surface area contributed by atoms with Crippen molar-refractivity contribution in [1.29, 1.82) is 0 Å². The molecule has 0 radical (unpaired) electrons. The molecule has 0 aliphatic carbocycles. The highest BCUT2D eigenvalue weighted by atomic mass is 32.2. The normalized spacial score (nSPS) is 11.3. The van der Waals surface area contributed by atoms with Gasteiger partial charge < -0.3 is 14.2 Å². The number of rotatable bonds is 9. The summed E-state index contributed by atoms with van der Waals surface area (Å²) < 4.78 is 40.7. The highest BCUT2D eigenvalue weighted by molar-refractivity contribution is 7.89. The van der Waals surface area contributed by atoms with Crippen LogP contribution in [-0.4, -0.2) is 35.0 Å². The first-order valence-electron chi connectivity index (χ1n) is 8.09. The highest BCUT2D eigenvalue weighted by Crippen LogP contribution is 2.29. The van der Waals surface area contributed by atoms with E-state index in [9.17, 15) is 8.42 Å². The van der Waals surface area contributed by atoms with Crippen LogP contribution < -0.4 is 19.0 Å². The molecule has 8 heteroatoms. The first-order valence-corrected chi connectivity index (χ1v) is 9.57. The van der Waals surface area contributed by atoms with Gasteiger partial charge in [-0.25, -0.2) is 4.83 Å². The van der Waals surface area contributed by atoms with Crippen LogP contribution in [0.2, 0.25) is 0 Å². The Morgan fingerprint density at radius 3 is 2.35 bits per heavy atom. The zero-order valence-corrected chi connectivity index (χ0v) is 15.7. The molecule has 0 spiro atoms. The minimum Gasteiger partial charge on any atom is -0.494 e. The van der Waals surface area contributed by atoms with Crippen molar-refractivity contribution >= 4 is 16.2 Å². The first-order chi connectivity index (χ1) is 12.5. The summed E-state index contributed by atoms with van der Waals surface area (Å²) >= 11 is 0. The molecule has 0 aliphatic rings. The van der Waals surface area contributed by atoms with Gasteiger partial charge >= 0.3 is 0 Å². The van der Waals surface area contributed by atoms with Crippen LogP contribution in [0.15, 0.2) is 52.5 Å². The Morgan fingerprint density at radius 2 is 1.73 bits per heavy atom. The Kier molecular flexibility index (Phi) is 6.85. The van der Waals surface area contributed by atoms with Crippen LogP contribution in [0, 0.1) is 0 Å². The predicted molar refractivity (Wildman–Crippen MR) is 99.7 cm³/mol. The van der Waals surface area contributed by atoms with Crippen LogP contribution in [0.3, 0.4) is 0 Å². The minimum absolute atomic E-state index is 0.0909. The molecule has 26 heavy (non-hydrogen) atoms. The highest BCUT2D eigenvalue weighted by Gasteiger charge is 2.13. The molecule has 0 fully saturated rings. The third-order valence-electron chi connectivity index (χ3n) is 3.33. The maximum Gasteiger partial charge on any atom is 0.276 e. The minimum atomic E-state index is -3.78. The Bertz CT molecular complexity index is 848. The quantitative estimate of drug-likeness (QED) is 0.536. The van der Waals surface area contributed by atoms with Crippen molar-refractivity contribution < 1.29 is 22.6 Å². The lowest BCUT2D eigenvalue weighted by Gasteiger charge is -2.11. The Labute approximate surface area is 153 Å². The molecule has 0 heterocycles. The number of methoxy groups -OCH3 is 1. The van der Waals surface area contributed by atoms with Crippen molar-refractivity contribution in [2.75, 3.05) is 20.3 Å². The van der Waals surface area contributed by atoms with Crippen molar-refractivity contribution in [3.05, 3.63) is 48.0 Å². The summed E-state index contributed by atoms with van der Waals surface area (Å²) in [5.74, 6) is 1.65. The van der Waals surface area contributed by atoms with Gasteiger partial charge in [-0.1, -0.05) is 6.07 Å². The number of hydrogen-bond acceptors (Lipinski definition) is 6. The number of benzene rings is 2. The molecule has 0 atom stereocenters. The number of hydrogen-bond donors (Lipinski definition) is 1. The lowest BCUT2D eigenvalue weighted by atomic mass is 10.2. The molecule has 2 rings (SSSR count). The molecule has 0 bridgehead atoms. The number of sulfonamides is 1. The Hall–Kier alpha value is -2.74. The van der Waals surface area contributed by atoms with Gasteiger partial charge in [0.2, 0.25) is 0 Å². The molecule has 0 saturated heterocycles. The molecular formula is C18H22N2O5S. The van der Waals surface area contributed by atoms with Crippen molar-refractivity contribution in [2.24, 2.45) is 5.10 Å². The molecular weight excluding hydrogens is 356 g/mol. The zero-order valence-electron chi connectivity index (χ0n) is 14.9. The summed E-state index contributed by atoms with van der Waals surface area (Å²) in [6.07, 6.45) is 1.37. The molecule has 0 saturated carbocycles. The number of para-hydroxylation sites is 1. The van der Waals surface area contributed by atoms with Gasteiger partial charge in [0, 0.05) is 5.56 Å². The van der Waals surface area contributed by atoms with Gasteiger partial charge in [-0.15, -0.1) is 0 Å². The van der Waals surface area contributed by atoms with Crippen molar-refractivity contribution in [1.82, 2.24) is 4.83 Å². The molecule has 7 nitrogen and oxygen atoms in total. The largest absolute Gasteiger partial charge is 0.494 e. The van der Waals surface area contributed by atoms with Gasteiger partial charge in [0.05, 0.1) is 31.4 Å². The van der Waals surface area contributed by atoms with Crippen molar-refractivity contribution in [2.45, 2.75) is 18.7 Å². The van der Waals surface area contributed by atoms with E-state index in [1.54, 1.807) is 30.3 Å². The standard InChI is InChI=1S/C18H22N2O5S/c1-4-24-15-9-11-16(12-10-15)26(21,22)20-19-13-14-7-6-8-17(25-5-2)18(14)23-3/h6-13,20H,4-5H2,1-3H3/b19-13+. The number of hydrazone groups is 1. The van der Waals surface area contributed by atoms with Crippen molar-refractivity contribution in [3.8, 4) is 17.2 Å². The predicted octanol–water partition coefficient (Wildman–Crippen LogP) is 2.81. The molecule has 0 aromatic heterocycles. The smallest absolute Gasteiger partial charge is 0.276 e. The average molecular weight is 378 g/mol. The summed E-state index contributed by atoms with van der Waals surface area (Å²) in [5, 5.41) is 3.83. The van der Waals surface area contributed by atoms with E-state index in [-0.39, 0.29) is 4.90 Å². The van der Waals surface area contributed by atoms with Gasteiger partial charge in [-0.2, -0.15) is 13.5 Å². The van der Waals surface area contributed by atoms with Crippen LogP contribution in [0.25, 0.3) is 0 Å².